The third-order valence-electron chi connectivity index (χ3n) is 7.04. The monoisotopic (exact) mass is 462 g/mol. The van der Waals surface area contributed by atoms with Crippen molar-refractivity contribution < 1.29 is 30.3 Å². The summed E-state index contributed by atoms with van der Waals surface area (Å²) in [4.78, 5) is 0. The summed E-state index contributed by atoms with van der Waals surface area (Å²) in [6.07, 6.45) is -2.98. The van der Waals surface area contributed by atoms with Crippen molar-refractivity contribution in [2.75, 3.05) is 13.2 Å². The highest BCUT2D eigenvalue weighted by Crippen LogP contribution is 2.54. The minimum Gasteiger partial charge on any atom is -0.396 e. The van der Waals surface area contributed by atoms with Gasteiger partial charge >= 0.3 is 0 Å². The molecule has 0 radical (unpaired) electrons. The molecule has 2 aromatic rings. The lowest BCUT2D eigenvalue weighted by Gasteiger charge is -2.47. The van der Waals surface area contributed by atoms with Crippen LogP contribution < -0.4 is 0 Å². The lowest BCUT2D eigenvalue weighted by molar-refractivity contribution is -0.279. The Labute approximate surface area is 193 Å². The Hall–Kier alpha value is -1.51. The van der Waals surface area contributed by atoms with Gasteiger partial charge in [0.1, 0.15) is 30.0 Å². The van der Waals surface area contributed by atoms with Crippen molar-refractivity contribution >= 4 is 11.6 Å². The van der Waals surface area contributed by atoms with E-state index in [9.17, 15) is 25.5 Å². The average molecular weight is 463 g/mol. The van der Waals surface area contributed by atoms with Crippen molar-refractivity contribution in [1.29, 1.82) is 0 Å². The first kappa shape index (κ1) is 23.6. The van der Waals surface area contributed by atoms with Crippen molar-refractivity contribution in [1.82, 2.24) is 0 Å². The SMILES string of the molecule is CCc1ccc(Cc2cc3c(cc2Cl)C(CCO)C[C@]32O[C@H](CO)[C@@H](O)[C@H](O)[C@H]2O)cc1. The molecule has 7 heteroatoms. The second kappa shape index (κ2) is 9.39. The molecule has 174 valence electrons. The summed E-state index contributed by atoms with van der Waals surface area (Å²) in [6, 6.07) is 12.1. The summed E-state index contributed by atoms with van der Waals surface area (Å²) >= 11 is 6.66. The van der Waals surface area contributed by atoms with E-state index in [0.717, 1.165) is 23.1 Å². The van der Waals surface area contributed by atoms with Crippen molar-refractivity contribution in [2.45, 2.75) is 68.5 Å². The van der Waals surface area contributed by atoms with Crippen molar-refractivity contribution in [2.24, 2.45) is 0 Å². The van der Waals surface area contributed by atoms with Crippen molar-refractivity contribution in [3.05, 3.63) is 69.2 Å². The van der Waals surface area contributed by atoms with E-state index in [1.165, 1.54) is 5.56 Å². The second-order valence-corrected chi connectivity index (χ2v) is 9.35. The van der Waals surface area contributed by atoms with E-state index >= 15 is 0 Å². The van der Waals surface area contributed by atoms with Crippen LogP contribution >= 0.6 is 11.6 Å². The Bertz CT molecular complexity index is 946. The van der Waals surface area contributed by atoms with E-state index in [2.05, 4.69) is 31.2 Å². The number of hydrogen-bond donors (Lipinski definition) is 5. The highest BCUT2D eigenvalue weighted by molar-refractivity contribution is 6.31. The van der Waals surface area contributed by atoms with Crippen LogP contribution in [0.4, 0.5) is 0 Å². The Balaban J connectivity index is 1.77. The van der Waals surface area contributed by atoms with Crippen LogP contribution in [0.25, 0.3) is 0 Å². The molecule has 4 rings (SSSR count). The first-order valence-corrected chi connectivity index (χ1v) is 11.6. The molecule has 0 amide bonds. The number of rotatable bonds is 6. The van der Waals surface area contributed by atoms with Crippen LogP contribution in [0.3, 0.4) is 0 Å². The number of benzene rings is 2. The van der Waals surface area contributed by atoms with E-state index in [1.807, 2.05) is 12.1 Å². The Morgan fingerprint density at radius 2 is 1.72 bits per heavy atom. The molecule has 32 heavy (non-hydrogen) atoms. The molecule has 1 spiro atoms. The molecule has 6 nitrogen and oxygen atoms in total. The van der Waals surface area contributed by atoms with E-state index in [1.54, 1.807) is 0 Å². The molecule has 5 N–H and O–H groups in total. The zero-order valence-electron chi connectivity index (χ0n) is 18.1. The molecule has 0 bridgehead atoms. The number of hydrogen-bond acceptors (Lipinski definition) is 6. The van der Waals surface area contributed by atoms with Crippen LogP contribution in [0.15, 0.2) is 36.4 Å². The molecule has 1 aliphatic heterocycles. The standard InChI is InChI=1S/C25H31ClO6/c1-2-14-3-5-15(6-4-14)9-17-10-19-18(11-20(17)26)16(7-8-27)12-25(19)24(31)23(30)22(29)21(13-28)32-25/h3-6,10-11,16,21-24,27-31H,2,7-9,12-13H2,1H3/t16?,21-,22-,23+,24-,25+/m1/s1. The van der Waals surface area contributed by atoms with Crippen molar-refractivity contribution in [3.63, 3.8) is 0 Å². The number of halogens is 1. The fourth-order valence-corrected chi connectivity index (χ4v) is 5.45. The number of fused-ring (bicyclic) bond motifs is 2. The highest BCUT2D eigenvalue weighted by atomic mass is 35.5. The van der Waals surface area contributed by atoms with Crippen LogP contribution in [0.5, 0.6) is 0 Å². The molecule has 2 aliphatic rings. The van der Waals surface area contributed by atoms with Gasteiger partial charge in [0.15, 0.2) is 0 Å². The van der Waals surface area contributed by atoms with Gasteiger partial charge in [-0.25, -0.2) is 0 Å². The fourth-order valence-electron chi connectivity index (χ4n) is 5.21. The van der Waals surface area contributed by atoms with Crippen molar-refractivity contribution in [3.8, 4) is 0 Å². The summed E-state index contributed by atoms with van der Waals surface area (Å²) in [6.45, 7) is 1.57. The molecular weight excluding hydrogens is 432 g/mol. The third-order valence-corrected chi connectivity index (χ3v) is 7.39. The molecule has 1 fully saturated rings. The molecule has 1 heterocycles. The smallest absolute Gasteiger partial charge is 0.123 e. The van der Waals surface area contributed by atoms with E-state index in [-0.39, 0.29) is 12.5 Å². The van der Waals surface area contributed by atoms with E-state index < -0.39 is 36.6 Å². The fraction of sp³-hybridized carbons (Fsp3) is 0.520. The number of aliphatic hydroxyl groups excluding tert-OH is 5. The quantitative estimate of drug-likeness (QED) is 0.449. The van der Waals surface area contributed by atoms with Gasteiger partial charge in [0.2, 0.25) is 0 Å². The zero-order chi connectivity index (χ0) is 23.0. The Kier molecular flexibility index (Phi) is 6.94. The van der Waals surface area contributed by atoms with Gasteiger partial charge in [0.25, 0.3) is 0 Å². The average Bonchev–Trinajstić information content (AvgIpc) is 3.09. The van der Waals surface area contributed by atoms with Crippen LogP contribution in [-0.4, -0.2) is 63.2 Å². The number of ether oxygens (including phenoxy) is 1. The van der Waals surface area contributed by atoms with Crippen LogP contribution in [0, 0.1) is 0 Å². The maximum Gasteiger partial charge on any atom is 0.123 e. The Morgan fingerprint density at radius 3 is 2.34 bits per heavy atom. The lowest BCUT2D eigenvalue weighted by atomic mass is 9.79. The number of aryl methyl sites for hydroxylation is 1. The highest BCUT2D eigenvalue weighted by Gasteiger charge is 2.58. The predicted octanol–water partition coefficient (Wildman–Crippen LogP) is 2.03. The maximum absolute atomic E-state index is 11.0. The topological polar surface area (TPSA) is 110 Å². The van der Waals surface area contributed by atoms with Gasteiger partial charge in [-0.15, -0.1) is 0 Å². The number of aliphatic hydroxyl groups is 5. The molecule has 1 saturated heterocycles. The summed E-state index contributed by atoms with van der Waals surface area (Å²) in [7, 11) is 0. The van der Waals surface area contributed by atoms with Crippen LogP contribution in [0.1, 0.15) is 53.5 Å². The van der Waals surface area contributed by atoms with Gasteiger partial charge in [-0.2, -0.15) is 0 Å². The third kappa shape index (κ3) is 3.99. The van der Waals surface area contributed by atoms with Gasteiger partial charge in [0, 0.05) is 11.6 Å². The van der Waals surface area contributed by atoms with Gasteiger partial charge in [-0.3, -0.25) is 0 Å². The van der Waals surface area contributed by atoms with E-state index in [4.69, 9.17) is 16.3 Å². The summed E-state index contributed by atoms with van der Waals surface area (Å²) in [5.74, 6) is -0.137. The summed E-state index contributed by atoms with van der Waals surface area (Å²) in [5.41, 5.74) is 3.45. The summed E-state index contributed by atoms with van der Waals surface area (Å²) in [5, 5.41) is 51.8. The van der Waals surface area contributed by atoms with Gasteiger partial charge in [-0.1, -0.05) is 48.9 Å². The molecule has 1 unspecified atom stereocenters. The summed E-state index contributed by atoms with van der Waals surface area (Å²) < 4.78 is 6.12. The molecule has 1 aliphatic carbocycles. The zero-order valence-corrected chi connectivity index (χ0v) is 18.9. The second-order valence-electron chi connectivity index (χ2n) is 8.95. The van der Waals surface area contributed by atoms with Crippen LogP contribution in [0.2, 0.25) is 5.02 Å². The van der Waals surface area contributed by atoms with Crippen LogP contribution in [-0.2, 0) is 23.2 Å². The Morgan fingerprint density at radius 1 is 1.03 bits per heavy atom. The first-order chi connectivity index (χ1) is 15.3. The van der Waals surface area contributed by atoms with E-state index in [0.29, 0.717) is 29.8 Å². The minimum atomic E-state index is -1.47. The molecule has 0 aromatic heterocycles. The molecular formula is C25H31ClO6. The maximum atomic E-state index is 11.0. The largest absolute Gasteiger partial charge is 0.396 e. The molecule has 0 saturated carbocycles. The van der Waals surface area contributed by atoms with Gasteiger partial charge in [-0.05, 0) is 65.5 Å². The van der Waals surface area contributed by atoms with Gasteiger partial charge in [0.05, 0.1) is 6.61 Å². The predicted molar refractivity (Wildman–Crippen MR) is 121 cm³/mol. The van der Waals surface area contributed by atoms with Gasteiger partial charge < -0.3 is 30.3 Å². The molecule has 6 atom stereocenters. The normalized spacial score (nSPS) is 31.8. The molecule has 2 aromatic carbocycles. The first-order valence-electron chi connectivity index (χ1n) is 11.2. The minimum absolute atomic E-state index is 0.0476. The lowest BCUT2D eigenvalue weighted by Crippen LogP contribution is -2.62.